The maximum Gasteiger partial charge on any atom is 0.243 e. The highest BCUT2D eigenvalue weighted by atomic mass is 32.2. The molecule has 1 atom stereocenters. The molecule has 1 spiro atoms. The fraction of sp³-hybridized carbons (Fsp3) is 0.346. The van der Waals surface area contributed by atoms with Crippen LogP contribution < -0.4 is 10.2 Å². The fourth-order valence-corrected chi connectivity index (χ4v) is 7.50. The third-order valence-electron chi connectivity index (χ3n) is 7.65. The van der Waals surface area contributed by atoms with Crippen LogP contribution in [0.5, 0.6) is 0 Å². The van der Waals surface area contributed by atoms with E-state index in [9.17, 15) is 17.6 Å². The number of benzene rings is 2. The van der Waals surface area contributed by atoms with E-state index in [1.165, 1.54) is 23.4 Å². The Balaban J connectivity index is 1.27. The summed E-state index contributed by atoms with van der Waals surface area (Å²) in [4.78, 5) is 14.0. The van der Waals surface area contributed by atoms with Gasteiger partial charge in [-0.05, 0) is 80.3 Å². The molecule has 3 aromatic rings. The topological polar surface area (TPSA) is 74.7 Å². The van der Waals surface area contributed by atoms with Gasteiger partial charge in [0, 0.05) is 43.6 Å². The van der Waals surface area contributed by atoms with Crippen LogP contribution in [0.15, 0.2) is 59.6 Å². The van der Waals surface area contributed by atoms with Gasteiger partial charge >= 0.3 is 0 Å². The van der Waals surface area contributed by atoms with Crippen LogP contribution in [-0.2, 0) is 26.8 Å². The van der Waals surface area contributed by atoms with Crippen molar-refractivity contribution in [3.8, 4) is 5.69 Å². The zero-order valence-corrected chi connectivity index (χ0v) is 20.5. The van der Waals surface area contributed by atoms with E-state index in [1.807, 2.05) is 25.3 Å². The minimum atomic E-state index is -3.69. The van der Waals surface area contributed by atoms with Gasteiger partial charge in [0.2, 0.25) is 15.9 Å². The first-order valence-electron chi connectivity index (χ1n) is 11.9. The molecule has 0 radical (unpaired) electrons. The minimum Gasteiger partial charge on any atom is -0.372 e. The van der Waals surface area contributed by atoms with Crippen molar-refractivity contribution in [3.05, 3.63) is 71.8 Å². The number of nitrogens with zero attached hydrogens (tertiary/aromatic N) is 3. The smallest absolute Gasteiger partial charge is 0.243 e. The van der Waals surface area contributed by atoms with Crippen molar-refractivity contribution in [1.29, 1.82) is 0 Å². The van der Waals surface area contributed by atoms with Gasteiger partial charge in [0.1, 0.15) is 5.82 Å². The molecule has 2 aromatic carbocycles. The Hall–Kier alpha value is -3.17. The van der Waals surface area contributed by atoms with E-state index in [0.717, 1.165) is 22.6 Å². The standard InChI is InChI=1S/C26H27FN4O3S/c1-17-14-19-15-21(6-8-23(19)31(17)18(2)32)35(33,34)29-12-9-26(10-13-29)25-4-3-11-30(25)24-7-5-20(27)16-22(24)28-26/h3-8,11,15-17,28H,9-10,12-14H2,1-2H3/t17-/m0/s1. The lowest BCUT2D eigenvalue weighted by atomic mass is 9.83. The molecule has 4 heterocycles. The lowest BCUT2D eigenvalue weighted by Crippen LogP contribution is -2.51. The number of amides is 1. The first-order valence-corrected chi connectivity index (χ1v) is 13.3. The summed E-state index contributed by atoms with van der Waals surface area (Å²) in [6.45, 7) is 4.19. The largest absolute Gasteiger partial charge is 0.372 e. The molecule has 1 fully saturated rings. The van der Waals surface area contributed by atoms with Crippen molar-refractivity contribution in [3.63, 3.8) is 0 Å². The van der Waals surface area contributed by atoms with Crippen LogP contribution >= 0.6 is 0 Å². The lowest BCUT2D eigenvalue weighted by molar-refractivity contribution is -0.116. The van der Waals surface area contributed by atoms with Gasteiger partial charge in [-0.25, -0.2) is 12.8 Å². The SMILES string of the molecule is CC(=O)N1c2ccc(S(=O)(=O)N3CCC4(CC3)Nc3cc(F)ccc3-n3cccc34)cc2C[C@@H]1C. The number of aromatic nitrogens is 1. The summed E-state index contributed by atoms with van der Waals surface area (Å²) in [5, 5.41) is 3.54. The Labute approximate surface area is 204 Å². The number of sulfonamides is 1. The molecule has 0 aliphatic carbocycles. The summed E-state index contributed by atoms with van der Waals surface area (Å²) in [6.07, 6.45) is 3.73. The van der Waals surface area contributed by atoms with Gasteiger partial charge in [0.05, 0.1) is 21.8 Å². The molecule has 1 amide bonds. The minimum absolute atomic E-state index is 0.0108. The number of halogens is 1. The predicted octanol–water partition coefficient (Wildman–Crippen LogP) is 4.02. The molecule has 0 unspecified atom stereocenters. The van der Waals surface area contributed by atoms with Gasteiger partial charge in [0.25, 0.3) is 0 Å². The molecule has 9 heteroatoms. The van der Waals surface area contributed by atoms with Crippen molar-refractivity contribution in [2.75, 3.05) is 23.3 Å². The Morgan fingerprint density at radius 2 is 1.83 bits per heavy atom. The second-order valence-electron chi connectivity index (χ2n) is 9.77. The molecule has 1 N–H and O–H groups in total. The summed E-state index contributed by atoms with van der Waals surface area (Å²) in [5.41, 5.74) is 3.87. The molecule has 1 saturated heterocycles. The van der Waals surface area contributed by atoms with Gasteiger partial charge in [-0.2, -0.15) is 4.31 Å². The quantitative estimate of drug-likeness (QED) is 0.584. The van der Waals surface area contributed by atoms with Crippen LogP contribution in [0.25, 0.3) is 5.69 Å². The molecule has 0 bridgehead atoms. The molecule has 1 aromatic heterocycles. The van der Waals surface area contributed by atoms with E-state index in [2.05, 4.69) is 9.88 Å². The monoisotopic (exact) mass is 494 g/mol. The van der Waals surface area contributed by atoms with Crippen LogP contribution in [-0.4, -0.2) is 42.3 Å². The van der Waals surface area contributed by atoms with Gasteiger partial charge in [-0.3, -0.25) is 4.79 Å². The molecule has 0 saturated carbocycles. The van der Waals surface area contributed by atoms with Crippen molar-refractivity contribution >= 4 is 27.3 Å². The number of fused-ring (bicyclic) bond motifs is 5. The second-order valence-corrected chi connectivity index (χ2v) is 11.7. The van der Waals surface area contributed by atoms with Crippen molar-refractivity contribution in [2.24, 2.45) is 0 Å². The highest BCUT2D eigenvalue weighted by molar-refractivity contribution is 7.89. The number of rotatable bonds is 2. The van der Waals surface area contributed by atoms with Crippen molar-refractivity contribution in [2.45, 2.75) is 49.6 Å². The zero-order valence-electron chi connectivity index (χ0n) is 19.7. The number of hydrogen-bond acceptors (Lipinski definition) is 4. The van der Waals surface area contributed by atoms with Crippen molar-refractivity contribution in [1.82, 2.24) is 8.87 Å². The Morgan fingerprint density at radius 1 is 1.09 bits per heavy atom. The summed E-state index contributed by atoms with van der Waals surface area (Å²) in [7, 11) is -3.69. The van der Waals surface area contributed by atoms with E-state index in [-0.39, 0.29) is 22.7 Å². The van der Waals surface area contributed by atoms with Crippen LogP contribution in [0.4, 0.5) is 15.8 Å². The molecule has 6 rings (SSSR count). The number of piperidine rings is 1. The first kappa shape index (κ1) is 22.3. The van der Waals surface area contributed by atoms with Crippen LogP contribution in [0, 0.1) is 5.82 Å². The number of hydrogen-bond donors (Lipinski definition) is 1. The summed E-state index contributed by atoms with van der Waals surface area (Å²) >= 11 is 0. The van der Waals surface area contributed by atoms with Crippen molar-refractivity contribution < 1.29 is 17.6 Å². The van der Waals surface area contributed by atoms with Gasteiger partial charge in [-0.15, -0.1) is 0 Å². The van der Waals surface area contributed by atoms with E-state index < -0.39 is 15.6 Å². The molecule has 3 aliphatic heterocycles. The fourth-order valence-electron chi connectivity index (χ4n) is 6.01. The number of carbonyl (C=O) groups excluding carboxylic acids is 1. The second kappa shape index (κ2) is 7.66. The van der Waals surface area contributed by atoms with E-state index in [1.54, 1.807) is 29.2 Å². The molecule has 182 valence electrons. The maximum atomic E-state index is 14.0. The van der Waals surface area contributed by atoms with Gasteiger partial charge in [0.15, 0.2) is 0 Å². The maximum absolute atomic E-state index is 14.0. The number of carbonyl (C=O) groups is 1. The first-order chi connectivity index (χ1) is 16.7. The third-order valence-corrected chi connectivity index (χ3v) is 9.55. The van der Waals surface area contributed by atoms with Crippen LogP contribution in [0.1, 0.15) is 37.9 Å². The number of nitrogens with one attached hydrogen (secondary N) is 1. The van der Waals surface area contributed by atoms with Crippen LogP contribution in [0.3, 0.4) is 0 Å². The van der Waals surface area contributed by atoms with Gasteiger partial charge < -0.3 is 14.8 Å². The van der Waals surface area contributed by atoms with Crippen LogP contribution in [0.2, 0.25) is 0 Å². The third kappa shape index (κ3) is 3.32. The molecule has 3 aliphatic rings. The highest BCUT2D eigenvalue weighted by Crippen LogP contribution is 2.44. The normalized spacial score (nSPS) is 20.8. The summed E-state index contributed by atoms with van der Waals surface area (Å²) in [5.74, 6) is -0.351. The number of anilines is 2. The average Bonchev–Trinajstić information content (AvgIpc) is 3.43. The molecule has 35 heavy (non-hydrogen) atoms. The molecular formula is C26H27FN4O3S. The van der Waals surface area contributed by atoms with E-state index in [0.29, 0.717) is 38.0 Å². The summed E-state index contributed by atoms with van der Waals surface area (Å²) in [6, 6.07) is 13.8. The summed E-state index contributed by atoms with van der Waals surface area (Å²) < 4.78 is 44.7. The lowest BCUT2D eigenvalue weighted by Gasteiger charge is -2.45. The predicted molar refractivity (Wildman–Crippen MR) is 132 cm³/mol. The van der Waals surface area contributed by atoms with Gasteiger partial charge in [-0.1, -0.05) is 0 Å². The zero-order chi connectivity index (χ0) is 24.5. The Kier molecular flexibility index (Phi) is 4.88. The average molecular weight is 495 g/mol. The molecule has 7 nitrogen and oxygen atoms in total. The molecular weight excluding hydrogens is 467 g/mol. The van der Waals surface area contributed by atoms with E-state index >= 15 is 0 Å². The highest BCUT2D eigenvalue weighted by Gasteiger charge is 2.44. The Morgan fingerprint density at radius 3 is 2.57 bits per heavy atom. The van der Waals surface area contributed by atoms with E-state index in [4.69, 9.17) is 0 Å². The Bertz CT molecular complexity index is 1460.